The second kappa shape index (κ2) is 7.21. The molecule has 1 spiro atoms. The fraction of sp³-hybridized carbons (Fsp3) is 0.591. The summed E-state index contributed by atoms with van der Waals surface area (Å²) in [5.74, 6) is 0.393. The molecule has 1 aliphatic heterocycles. The number of nitrogens with zero attached hydrogens (tertiary/aromatic N) is 4. The first-order valence-electron chi connectivity index (χ1n) is 10.2. The van der Waals surface area contributed by atoms with Gasteiger partial charge in [-0.2, -0.15) is 5.26 Å². The van der Waals surface area contributed by atoms with E-state index in [0.29, 0.717) is 29.6 Å². The van der Waals surface area contributed by atoms with Crippen molar-refractivity contribution in [2.75, 3.05) is 13.1 Å². The number of nitriles is 1. The van der Waals surface area contributed by atoms with Gasteiger partial charge in [0.25, 0.3) is 0 Å². The molecule has 4 rings (SSSR count). The smallest absolute Gasteiger partial charge is 0.410 e. The lowest BCUT2D eigenvalue weighted by Crippen LogP contribution is -2.41. The van der Waals surface area contributed by atoms with Gasteiger partial charge in [-0.1, -0.05) is 32.4 Å². The summed E-state index contributed by atoms with van der Waals surface area (Å²) in [5.41, 5.74) is 1.85. The number of halogens is 1. The zero-order chi connectivity index (χ0) is 20.8. The van der Waals surface area contributed by atoms with Gasteiger partial charge in [0.15, 0.2) is 0 Å². The molecule has 1 aliphatic carbocycles. The number of aromatic nitrogens is 2. The summed E-state index contributed by atoms with van der Waals surface area (Å²) in [6, 6.07) is 5.70. The second-order valence-electron chi connectivity index (χ2n) is 9.76. The predicted octanol–water partition coefficient (Wildman–Crippen LogP) is 4.99. The van der Waals surface area contributed by atoms with Crippen LogP contribution in [-0.2, 0) is 11.3 Å². The molecule has 0 radical (unpaired) electrons. The average Bonchev–Trinajstić information content (AvgIpc) is 3.13. The third-order valence-corrected chi connectivity index (χ3v) is 6.21. The Morgan fingerprint density at radius 2 is 2.21 bits per heavy atom. The van der Waals surface area contributed by atoms with Crippen LogP contribution in [-0.4, -0.2) is 39.2 Å². The van der Waals surface area contributed by atoms with Crippen molar-refractivity contribution >= 4 is 28.7 Å². The Balaban J connectivity index is 1.51. The zero-order valence-corrected chi connectivity index (χ0v) is 18.0. The number of ether oxygens (including phenoxy) is 1. The summed E-state index contributed by atoms with van der Waals surface area (Å²) < 4.78 is 8.04. The quantitative estimate of drug-likeness (QED) is 0.709. The topological polar surface area (TPSA) is 71.2 Å². The predicted molar refractivity (Wildman–Crippen MR) is 112 cm³/mol. The van der Waals surface area contributed by atoms with E-state index < -0.39 is 0 Å². The molecule has 29 heavy (non-hydrogen) atoms. The van der Waals surface area contributed by atoms with Crippen LogP contribution >= 0.6 is 11.6 Å². The molecule has 2 fully saturated rings. The van der Waals surface area contributed by atoms with Gasteiger partial charge in [-0.15, -0.1) is 0 Å². The molecular weight excluding hydrogens is 388 g/mol. The summed E-state index contributed by atoms with van der Waals surface area (Å²) in [6.07, 6.45) is 5.56. The number of imidazole rings is 1. The number of rotatable bonds is 3. The highest BCUT2D eigenvalue weighted by Crippen LogP contribution is 2.41. The van der Waals surface area contributed by atoms with E-state index >= 15 is 0 Å². The van der Waals surface area contributed by atoms with Gasteiger partial charge in [-0.25, -0.2) is 9.78 Å². The molecule has 154 valence electrons. The highest BCUT2D eigenvalue weighted by molar-refractivity contribution is 6.32. The number of benzene rings is 1. The molecule has 0 unspecified atom stereocenters. The highest BCUT2D eigenvalue weighted by atomic mass is 35.5. The molecule has 1 amide bonds. The lowest BCUT2D eigenvalue weighted by molar-refractivity contribution is 0.00413. The lowest BCUT2D eigenvalue weighted by Gasteiger charge is -2.36. The normalized spacial score (nSPS) is 24.9. The molecule has 2 aromatic rings. The molecule has 1 saturated heterocycles. The third kappa shape index (κ3) is 4.06. The second-order valence-corrected chi connectivity index (χ2v) is 10.2. The Bertz CT molecular complexity index is 987. The number of fused-ring (bicyclic) bond motifs is 1. The first kappa shape index (κ1) is 20.0. The lowest BCUT2D eigenvalue weighted by atomic mass is 9.77. The van der Waals surface area contributed by atoms with Crippen LogP contribution in [0.3, 0.4) is 0 Å². The highest BCUT2D eigenvalue weighted by Gasteiger charge is 2.48. The van der Waals surface area contributed by atoms with Gasteiger partial charge in [0, 0.05) is 13.1 Å². The van der Waals surface area contributed by atoms with Crippen molar-refractivity contribution in [2.24, 2.45) is 11.3 Å². The Kier molecular flexibility index (Phi) is 4.98. The van der Waals surface area contributed by atoms with Crippen LogP contribution in [0.2, 0.25) is 5.02 Å². The Morgan fingerprint density at radius 1 is 1.41 bits per heavy atom. The number of carbonyl (C=O) groups excluding carboxylic acids is 1. The number of carbonyl (C=O) groups is 1. The van der Waals surface area contributed by atoms with Crippen molar-refractivity contribution in [1.82, 2.24) is 14.5 Å². The van der Waals surface area contributed by atoms with Crippen LogP contribution in [0.25, 0.3) is 11.0 Å². The third-order valence-electron chi connectivity index (χ3n) is 5.90. The zero-order valence-electron chi connectivity index (χ0n) is 17.2. The fourth-order valence-corrected chi connectivity index (χ4v) is 5.01. The molecule has 0 N–H and O–H groups in total. The Morgan fingerprint density at radius 3 is 2.93 bits per heavy atom. The van der Waals surface area contributed by atoms with E-state index in [0.717, 1.165) is 43.3 Å². The summed E-state index contributed by atoms with van der Waals surface area (Å²) in [5, 5.41) is 9.71. The van der Waals surface area contributed by atoms with Crippen molar-refractivity contribution in [3.05, 3.63) is 29.0 Å². The van der Waals surface area contributed by atoms with Crippen LogP contribution in [0, 0.1) is 22.7 Å². The van der Waals surface area contributed by atoms with E-state index in [2.05, 4.69) is 36.4 Å². The van der Waals surface area contributed by atoms with Crippen molar-refractivity contribution in [2.45, 2.75) is 58.6 Å². The monoisotopic (exact) mass is 414 g/mol. The van der Waals surface area contributed by atoms with Crippen molar-refractivity contribution < 1.29 is 9.53 Å². The maximum Gasteiger partial charge on any atom is 0.410 e. The maximum absolute atomic E-state index is 12.5. The molecule has 6 nitrogen and oxygen atoms in total. The summed E-state index contributed by atoms with van der Waals surface area (Å²) in [4.78, 5) is 18.8. The van der Waals surface area contributed by atoms with E-state index in [4.69, 9.17) is 16.3 Å². The van der Waals surface area contributed by atoms with E-state index in [1.165, 1.54) is 0 Å². The molecule has 7 heteroatoms. The minimum Gasteiger partial charge on any atom is -0.441 e. The molecule has 2 aliphatic rings. The standard InChI is InChI=1S/C22H27ClN4O2/c1-21(2,3)12-27-13-22(29-20(27)28)6-4-5-15(9-22)11-26-14-25-18-8-17(23)16(10-24)7-19(18)26/h7-8,14-15H,4-6,9,11-13H2,1-3H3/t15-,22-/m0/s1. The number of hydrogen-bond acceptors (Lipinski definition) is 4. The van der Waals surface area contributed by atoms with Gasteiger partial charge in [0.1, 0.15) is 11.7 Å². The van der Waals surface area contributed by atoms with Gasteiger partial charge >= 0.3 is 6.09 Å². The van der Waals surface area contributed by atoms with E-state index in [1.54, 1.807) is 6.07 Å². The number of hydrogen-bond donors (Lipinski definition) is 0. The van der Waals surface area contributed by atoms with Crippen molar-refractivity contribution in [3.8, 4) is 6.07 Å². The summed E-state index contributed by atoms with van der Waals surface area (Å²) in [7, 11) is 0. The Labute approximate surface area is 176 Å². The van der Waals surface area contributed by atoms with Crippen LogP contribution in [0.1, 0.15) is 52.0 Å². The molecule has 1 aromatic heterocycles. The molecule has 1 aromatic carbocycles. The fourth-order valence-electron chi connectivity index (χ4n) is 4.81. The first-order chi connectivity index (χ1) is 13.7. The van der Waals surface area contributed by atoms with Gasteiger partial charge in [0.2, 0.25) is 0 Å². The SMILES string of the molecule is CC(C)(C)CN1C[C@@]2(CCC[C@H](Cn3cnc4cc(Cl)c(C#N)cc43)C2)OC1=O. The van der Waals surface area contributed by atoms with Crippen molar-refractivity contribution in [1.29, 1.82) is 5.26 Å². The van der Waals surface area contributed by atoms with Gasteiger partial charge in [0.05, 0.1) is 34.5 Å². The minimum absolute atomic E-state index is 0.0497. The molecule has 2 atom stereocenters. The maximum atomic E-state index is 12.5. The number of amides is 1. The molecule has 0 bridgehead atoms. The molecule has 2 heterocycles. The molecular formula is C22H27ClN4O2. The largest absolute Gasteiger partial charge is 0.441 e. The minimum atomic E-state index is -0.372. The van der Waals surface area contributed by atoms with Gasteiger partial charge in [-0.3, -0.25) is 0 Å². The van der Waals surface area contributed by atoms with E-state index in [-0.39, 0.29) is 17.1 Å². The van der Waals surface area contributed by atoms with Gasteiger partial charge in [-0.05, 0) is 49.1 Å². The van der Waals surface area contributed by atoms with Gasteiger partial charge < -0.3 is 14.2 Å². The van der Waals surface area contributed by atoms with Crippen LogP contribution in [0.4, 0.5) is 4.79 Å². The van der Waals surface area contributed by atoms with Crippen LogP contribution < -0.4 is 0 Å². The van der Waals surface area contributed by atoms with Crippen molar-refractivity contribution in [3.63, 3.8) is 0 Å². The summed E-state index contributed by atoms with van der Waals surface area (Å²) in [6.45, 7) is 8.60. The van der Waals surface area contributed by atoms with E-state index in [1.807, 2.05) is 17.3 Å². The first-order valence-corrected chi connectivity index (χ1v) is 10.6. The molecule has 1 saturated carbocycles. The van der Waals surface area contributed by atoms with E-state index in [9.17, 15) is 10.1 Å². The summed E-state index contributed by atoms with van der Waals surface area (Å²) >= 11 is 6.13. The van der Waals surface area contributed by atoms with Crippen LogP contribution in [0.5, 0.6) is 0 Å². The van der Waals surface area contributed by atoms with Crippen LogP contribution in [0.15, 0.2) is 18.5 Å². The Hall–Kier alpha value is -2.26. The average molecular weight is 415 g/mol.